The van der Waals surface area contributed by atoms with Crippen LogP contribution in [0.1, 0.15) is 44.0 Å². The van der Waals surface area contributed by atoms with Crippen LogP contribution in [0.25, 0.3) is 0 Å². The molecule has 0 aromatic heterocycles. The Hall–Kier alpha value is -3.02. The summed E-state index contributed by atoms with van der Waals surface area (Å²) in [7, 11) is 0. The zero-order valence-electron chi connectivity index (χ0n) is 17.5. The number of benzene rings is 2. The number of amides is 2. The molecule has 0 spiro atoms. The second-order valence-electron chi connectivity index (χ2n) is 7.32. The molecule has 0 atom stereocenters. The minimum Gasteiger partial charge on any atom is -0.493 e. The fourth-order valence-corrected chi connectivity index (χ4v) is 2.54. The number of unbranched alkanes of at least 4 members (excludes halogenated alkanes) is 1. The highest BCUT2D eigenvalue weighted by Crippen LogP contribution is 2.16. The molecule has 156 valence electrons. The number of carbonyl (C=O) groups is 2. The highest BCUT2D eigenvalue weighted by molar-refractivity contribution is 5.96. The molecular weight excluding hydrogens is 366 g/mol. The van der Waals surface area contributed by atoms with Gasteiger partial charge in [-0.15, -0.1) is 0 Å². The number of carbonyl (C=O) groups excluding carboxylic acids is 2. The first-order chi connectivity index (χ1) is 14.0. The van der Waals surface area contributed by atoms with Gasteiger partial charge in [0.15, 0.2) is 0 Å². The van der Waals surface area contributed by atoms with Gasteiger partial charge >= 0.3 is 0 Å². The van der Waals surface area contributed by atoms with Gasteiger partial charge < -0.3 is 20.7 Å². The van der Waals surface area contributed by atoms with Crippen molar-refractivity contribution in [3.63, 3.8) is 0 Å². The third-order valence-corrected chi connectivity index (χ3v) is 4.12. The molecule has 0 bridgehead atoms. The second kappa shape index (κ2) is 11.7. The van der Waals surface area contributed by atoms with Crippen molar-refractivity contribution in [2.45, 2.75) is 33.6 Å². The predicted molar refractivity (Wildman–Crippen MR) is 118 cm³/mol. The van der Waals surface area contributed by atoms with Gasteiger partial charge in [0.2, 0.25) is 5.91 Å². The van der Waals surface area contributed by atoms with Crippen LogP contribution in [-0.2, 0) is 4.79 Å². The maximum atomic E-state index is 12.2. The lowest BCUT2D eigenvalue weighted by Gasteiger charge is -2.11. The van der Waals surface area contributed by atoms with E-state index in [0.29, 0.717) is 30.3 Å². The van der Waals surface area contributed by atoms with Crippen molar-refractivity contribution in [2.24, 2.45) is 5.92 Å². The number of hydrogen-bond donors (Lipinski definition) is 3. The third-order valence-electron chi connectivity index (χ3n) is 4.12. The van der Waals surface area contributed by atoms with E-state index >= 15 is 0 Å². The molecular formula is C23H31N3O3. The van der Waals surface area contributed by atoms with Gasteiger partial charge in [-0.1, -0.05) is 33.3 Å². The van der Waals surface area contributed by atoms with Gasteiger partial charge in [0, 0.05) is 23.5 Å². The highest BCUT2D eigenvalue weighted by atomic mass is 16.5. The zero-order chi connectivity index (χ0) is 21.1. The Labute approximate surface area is 173 Å². The van der Waals surface area contributed by atoms with Crippen LogP contribution in [0.2, 0.25) is 0 Å². The Morgan fingerprint density at radius 3 is 2.48 bits per heavy atom. The first-order valence-corrected chi connectivity index (χ1v) is 10.1. The average Bonchev–Trinajstić information content (AvgIpc) is 2.72. The number of nitrogens with one attached hydrogen (secondary N) is 3. The van der Waals surface area contributed by atoms with Crippen LogP contribution in [0.15, 0.2) is 48.5 Å². The fourth-order valence-electron chi connectivity index (χ4n) is 2.54. The van der Waals surface area contributed by atoms with E-state index in [1.165, 1.54) is 0 Å². The number of rotatable bonds is 11. The van der Waals surface area contributed by atoms with E-state index in [9.17, 15) is 9.59 Å². The van der Waals surface area contributed by atoms with Crippen LogP contribution in [0.4, 0.5) is 11.4 Å². The van der Waals surface area contributed by atoms with Crippen molar-refractivity contribution >= 4 is 23.2 Å². The van der Waals surface area contributed by atoms with Gasteiger partial charge in [-0.2, -0.15) is 0 Å². The lowest BCUT2D eigenvalue weighted by Crippen LogP contribution is -2.25. The molecule has 0 aliphatic heterocycles. The van der Waals surface area contributed by atoms with E-state index in [2.05, 4.69) is 36.7 Å². The van der Waals surface area contributed by atoms with Gasteiger partial charge in [0.1, 0.15) is 5.75 Å². The first-order valence-electron chi connectivity index (χ1n) is 10.1. The molecule has 0 saturated heterocycles. The summed E-state index contributed by atoms with van der Waals surface area (Å²) in [5.41, 5.74) is 2.00. The van der Waals surface area contributed by atoms with Gasteiger partial charge in [-0.05, 0) is 54.8 Å². The quantitative estimate of drug-likeness (QED) is 0.494. The van der Waals surface area contributed by atoms with Crippen LogP contribution >= 0.6 is 0 Å². The first kappa shape index (κ1) is 22.3. The van der Waals surface area contributed by atoms with Crippen molar-refractivity contribution in [3.8, 4) is 5.75 Å². The van der Waals surface area contributed by atoms with Crippen LogP contribution in [0, 0.1) is 5.92 Å². The molecule has 0 saturated carbocycles. The molecule has 0 radical (unpaired) electrons. The molecule has 2 amide bonds. The highest BCUT2D eigenvalue weighted by Gasteiger charge is 2.07. The zero-order valence-corrected chi connectivity index (χ0v) is 17.5. The smallest absolute Gasteiger partial charge is 0.251 e. The van der Waals surface area contributed by atoms with E-state index in [-0.39, 0.29) is 18.4 Å². The summed E-state index contributed by atoms with van der Waals surface area (Å²) in [6, 6.07) is 14.4. The monoisotopic (exact) mass is 397 g/mol. The summed E-state index contributed by atoms with van der Waals surface area (Å²) in [5.74, 6) is 0.968. The molecule has 3 N–H and O–H groups in total. The lowest BCUT2D eigenvalue weighted by molar-refractivity contribution is -0.114. The van der Waals surface area contributed by atoms with Crippen molar-refractivity contribution in [1.82, 2.24) is 5.32 Å². The van der Waals surface area contributed by atoms with Crippen molar-refractivity contribution in [3.05, 3.63) is 54.1 Å². The second-order valence-corrected chi connectivity index (χ2v) is 7.32. The Balaban J connectivity index is 1.81. The van der Waals surface area contributed by atoms with Crippen LogP contribution in [0.5, 0.6) is 5.75 Å². The SMILES string of the molecule is CCCCNC(=O)c1cccc(NCC(=O)Nc2ccc(OCC(C)C)cc2)c1. The molecule has 0 unspecified atom stereocenters. The molecule has 0 fully saturated rings. The Morgan fingerprint density at radius 2 is 1.79 bits per heavy atom. The largest absolute Gasteiger partial charge is 0.493 e. The van der Waals surface area contributed by atoms with Gasteiger partial charge in [-0.3, -0.25) is 9.59 Å². The van der Waals surface area contributed by atoms with Gasteiger partial charge in [0.05, 0.1) is 13.2 Å². The van der Waals surface area contributed by atoms with E-state index in [0.717, 1.165) is 24.3 Å². The molecule has 2 aromatic carbocycles. The number of anilines is 2. The average molecular weight is 398 g/mol. The summed E-state index contributed by atoms with van der Waals surface area (Å²) in [6.45, 7) is 7.69. The van der Waals surface area contributed by atoms with Gasteiger partial charge in [-0.25, -0.2) is 0 Å². The molecule has 29 heavy (non-hydrogen) atoms. The molecule has 0 aliphatic carbocycles. The molecule has 6 heteroatoms. The Bertz CT molecular complexity index is 788. The molecule has 2 aromatic rings. The maximum Gasteiger partial charge on any atom is 0.251 e. The number of ether oxygens (including phenoxy) is 1. The van der Waals surface area contributed by atoms with E-state index in [1.807, 2.05) is 30.3 Å². The maximum absolute atomic E-state index is 12.2. The summed E-state index contributed by atoms with van der Waals surface area (Å²) in [4.78, 5) is 24.3. The van der Waals surface area contributed by atoms with Crippen LogP contribution in [0.3, 0.4) is 0 Å². The molecule has 0 heterocycles. The lowest BCUT2D eigenvalue weighted by atomic mass is 10.2. The summed E-state index contributed by atoms with van der Waals surface area (Å²) in [6.07, 6.45) is 1.99. The Kier molecular flexibility index (Phi) is 9.02. The van der Waals surface area contributed by atoms with Crippen molar-refractivity contribution in [1.29, 1.82) is 0 Å². The van der Waals surface area contributed by atoms with Crippen LogP contribution < -0.4 is 20.7 Å². The van der Waals surface area contributed by atoms with Gasteiger partial charge in [0.25, 0.3) is 5.91 Å². The minimum absolute atomic E-state index is 0.104. The van der Waals surface area contributed by atoms with Crippen molar-refractivity contribution in [2.75, 3.05) is 30.3 Å². The molecule has 2 rings (SSSR count). The van der Waals surface area contributed by atoms with Crippen molar-refractivity contribution < 1.29 is 14.3 Å². The molecule has 6 nitrogen and oxygen atoms in total. The van der Waals surface area contributed by atoms with E-state index in [4.69, 9.17) is 4.74 Å². The fraction of sp³-hybridized carbons (Fsp3) is 0.391. The summed E-state index contributed by atoms with van der Waals surface area (Å²) >= 11 is 0. The van der Waals surface area contributed by atoms with Crippen LogP contribution in [-0.4, -0.2) is 31.5 Å². The Morgan fingerprint density at radius 1 is 1.03 bits per heavy atom. The standard InChI is InChI=1S/C23H31N3O3/c1-4-5-13-24-23(28)18-7-6-8-20(14-18)25-15-22(27)26-19-9-11-21(12-10-19)29-16-17(2)3/h6-12,14,17,25H,4-5,13,15-16H2,1-3H3,(H,24,28)(H,26,27). The minimum atomic E-state index is -0.168. The third kappa shape index (κ3) is 8.25. The topological polar surface area (TPSA) is 79.5 Å². The normalized spacial score (nSPS) is 10.5. The summed E-state index contributed by atoms with van der Waals surface area (Å²) < 4.78 is 5.64. The van der Waals surface area contributed by atoms with E-state index < -0.39 is 0 Å². The van der Waals surface area contributed by atoms with E-state index in [1.54, 1.807) is 18.2 Å². The number of hydrogen-bond acceptors (Lipinski definition) is 4. The predicted octanol–water partition coefficient (Wildman–Crippen LogP) is 4.30. The summed E-state index contributed by atoms with van der Waals surface area (Å²) in [5, 5.41) is 8.78. The molecule has 0 aliphatic rings.